The molecule has 2 aliphatic rings. The minimum atomic E-state index is -3.46. The number of alkyl halides is 2. The number of sulfone groups is 1. The van der Waals surface area contributed by atoms with E-state index in [0.717, 1.165) is 38.1 Å². The fourth-order valence-corrected chi connectivity index (χ4v) is 5.41. The summed E-state index contributed by atoms with van der Waals surface area (Å²) in [7, 11) is -3.46. The number of nitrogens with zero attached hydrogens (tertiary/aromatic N) is 3. The Morgan fingerprint density at radius 3 is 2.78 bits per heavy atom. The maximum atomic E-state index is 13.5. The zero-order valence-corrected chi connectivity index (χ0v) is 14.0. The van der Waals surface area contributed by atoms with Crippen LogP contribution in [0.1, 0.15) is 56.6 Å². The summed E-state index contributed by atoms with van der Waals surface area (Å²) < 4.78 is 53.7. The van der Waals surface area contributed by atoms with E-state index in [0.29, 0.717) is 18.7 Å². The van der Waals surface area contributed by atoms with Crippen molar-refractivity contribution >= 4 is 9.84 Å². The first-order valence-corrected chi connectivity index (χ1v) is 10.2. The van der Waals surface area contributed by atoms with E-state index in [9.17, 15) is 17.2 Å². The standard InChI is InChI=1S/C15H23F2N3O2S/c16-15(17)7-4-5-12(9-15)10-23(21,22)11-14-19-18-13-6-2-1-3-8-20(13)14/h12H,1-11H2. The van der Waals surface area contributed by atoms with Crippen molar-refractivity contribution in [3.63, 3.8) is 0 Å². The molecule has 0 bridgehead atoms. The molecule has 0 N–H and O–H groups in total. The van der Waals surface area contributed by atoms with Gasteiger partial charge in [0.05, 0.1) is 5.75 Å². The van der Waals surface area contributed by atoms with Gasteiger partial charge in [-0.3, -0.25) is 0 Å². The number of hydrogen-bond donors (Lipinski definition) is 0. The Balaban J connectivity index is 1.68. The first-order chi connectivity index (χ1) is 10.8. The quantitative estimate of drug-likeness (QED) is 0.840. The topological polar surface area (TPSA) is 64.8 Å². The van der Waals surface area contributed by atoms with Crippen LogP contribution in [0.5, 0.6) is 0 Å². The minimum Gasteiger partial charge on any atom is -0.314 e. The second-order valence-corrected chi connectivity index (χ2v) is 8.98. The molecule has 1 saturated carbocycles. The van der Waals surface area contributed by atoms with Crippen LogP contribution in [0, 0.1) is 5.92 Å². The van der Waals surface area contributed by atoms with Crippen LogP contribution in [0.4, 0.5) is 8.78 Å². The van der Waals surface area contributed by atoms with Gasteiger partial charge in [0.15, 0.2) is 9.84 Å². The molecule has 1 aliphatic heterocycles. The van der Waals surface area contributed by atoms with E-state index in [1.807, 2.05) is 4.57 Å². The Bertz CT molecular complexity index is 658. The van der Waals surface area contributed by atoms with E-state index in [4.69, 9.17) is 0 Å². The summed E-state index contributed by atoms with van der Waals surface area (Å²) in [5, 5.41) is 8.13. The zero-order chi connectivity index (χ0) is 16.5. The largest absolute Gasteiger partial charge is 0.314 e. The van der Waals surface area contributed by atoms with Gasteiger partial charge in [-0.05, 0) is 31.6 Å². The van der Waals surface area contributed by atoms with Crippen molar-refractivity contribution in [1.29, 1.82) is 0 Å². The van der Waals surface area contributed by atoms with E-state index in [1.54, 1.807) is 0 Å². The van der Waals surface area contributed by atoms with Crippen molar-refractivity contribution in [2.75, 3.05) is 5.75 Å². The molecular formula is C15H23F2N3O2S. The first-order valence-electron chi connectivity index (χ1n) is 8.34. The summed E-state index contributed by atoms with van der Waals surface area (Å²) >= 11 is 0. The fourth-order valence-electron chi connectivity index (χ4n) is 3.68. The van der Waals surface area contributed by atoms with Gasteiger partial charge in [0.25, 0.3) is 0 Å². The predicted molar refractivity (Wildman–Crippen MR) is 82.0 cm³/mol. The van der Waals surface area contributed by atoms with Gasteiger partial charge in [-0.1, -0.05) is 6.42 Å². The molecule has 1 fully saturated rings. The molecule has 2 heterocycles. The molecule has 0 saturated heterocycles. The molecule has 1 unspecified atom stereocenters. The molecule has 5 nitrogen and oxygen atoms in total. The normalized spacial score (nSPS) is 24.9. The van der Waals surface area contributed by atoms with Crippen LogP contribution < -0.4 is 0 Å². The van der Waals surface area contributed by atoms with Crippen molar-refractivity contribution in [2.45, 2.75) is 69.6 Å². The van der Waals surface area contributed by atoms with E-state index < -0.39 is 21.7 Å². The first kappa shape index (κ1) is 16.8. The highest BCUT2D eigenvalue weighted by atomic mass is 32.2. The number of aromatic nitrogens is 3. The minimum absolute atomic E-state index is 0.124. The van der Waals surface area contributed by atoms with Gasteiger partial charge >= 0.3 is 0 Å². The number of rotatable bonds is 4. The lowest BCUT2D eigenvalue weighted by Crippen LogP contribution is -2.30. The average molecular weight is 347 g/mol. The highest BCUT2D eigenvalue weighted by molar-refractivity contribution is 7.90. The zero-order valence-electron chi connectivity index (χ0n) is 13.2. The van der Waals surface area contributed by atoms with E-state index >= 15 is 0 Å². The number of hydrogen-bond acceptors (Lipinski definition) is 4. The monoisotopic (exact) mass is 347 g/mol. The lowest BCUT2D eigenvalue weighted by Gasteiger charge is -2.28. The molecule has 1 aromatic heterocycles. The molecule has 0 amide bonds. The van der Waals surface area contributed by atoms with Crippen molar-refractivity contribution in [3.8, 4) is 0 Å². The number of aryl methyl sites for hydroxylation is 1. The maximum Gasteiger partial charge on any atom is 0.248 e. The molecular weight excluding hydrogens is 324 g/mol. The van der Waals surface area contributed by atoms with E-state index in [-0.39, 0.29) is 24.3 Å². The van der Waals surface area contributed by atoms with Crippen LogP contribution in [0.2, 0.25) is 0 Å². The Morgan fingerprint density at radius 2 is 2.00 bits per heavy atom. The van der Waals surface area contributed by atoms with E-state index in [2.05, 4.69) is 10.2 Å². The van der Waals surface area contributed by atoms with Gasteiger partial charge in [0.1, 0.15) is 17.4 Å². The van der Waals surface area contributed by atoms with Crippen LogP contribution in [0.25, 0.3) is 0 Å². The SMILES string of the molecule is O=S(=O)(Cc1nnc2n1CCCCC2)CC1CCCC(F)(F)C1. The Hall–Kier alpha value is -1.05. The Labute approximate surface area is 135 Å². The predicted octanol–water partition coefficient (Wildman–Crippen LogP) is 2.74. The molecule has 8 heteroatoms. The van der Waals surface area contributed by atoms with Crippen LogP contribution in [0.15, 0.2) is 0 Å². The summed E-state index contributed by atoms with van der Waals surface area (Å²) in [6.45, 7) is 0.745. The van der Waals surface area contributed by atoms with Crippen molar-refractivity contribution in [1.82, 2.24) is 14.8 Å². The summed E-state index contributed by atoms with van der Waals surface area (Å²) in [4.78, 5) is 0. The van der Waals surface area contributed by atoms with Gasteiger partial charge in [-0.25, -0.2) is 17.2 Å². The molecule has 0 radical (unpaired) electrons. The van der Waals surface area contributed by atoms with Crippen molar-refractivity contribution < 1.29 is 17.2 Å². The highest BCUT2D eigenvalue weighted by Crippen LogP contribution is 2.37. The van der Waals surface area contributed by atoms with Crippen LogP contribution in [0.3, 0.4) is 0 Å². The number of fused-ring (bicyclic) bond motifs is 1. The second kappa shape index (κ2) is 6.45. The molecule has 1 atom stereocenters. The van der Waals surface area contributed by atoms with Crippen molar-refractivity contribution in [2.24, 2.45) is 5.92 Å². The summed E-state index contributed by atoms with van der Waals surface area (Å²) in [6.07, 6.45) is 4.48. The molecule has 0 aromatic carbocycles. The number of halogens is 2. The molecule has 1 aliphatic carbocycles. The third-order valence-electron chi connectivity index (χ3n) is 4.77. The third-order valence-corrected chi connectivity index (χ3v) is 6.44. The molecule has 0 spiro atoms. The molecule has 23 heavy (non-hydrogen) atoms. The summed E-state index contributed by atoms with van der Waals surface area (Å²) in [5.41, 5.74) is 0. The van der Waals surface area contributed by atoms with Gasteiger partial charge in [-0.15, -0.1) is 10.2 Å². The lowest BCUT2D eigenvalue weighted by atomic mass is 9.88. The highest BCUT2D eigenvalue weighted by Gasteiger charge is 2.38. The molecule has 1 aromatic rings. The summed E-state index contributed by atoms with van der Waals surface area (Å²) in [6, 6.07) is 0. The Kier molecular flexibility index (Phi) is 4.71. The summed E-state index contributed by atoms with van der Waals surface area (Å²) in [5.74, 6) is -2.23. The Morgan fingerprint density at radius 1 is 1.17 bits per heavy atom. The second-order valence-electron chi connectivity index (χ2n) is 6.87. The fraction of sp³-hybridized carbons (Fsp3) is 0.867. The van der Waals surface area contributed by atoms with Gasteiger partial charge < -0.3 is 4.57 Å². The third kappa shape index (κ3) is 4.28. The molecule has 3 rings (SSSR count). The maximum absolute atomic E-state index is 13.5. The van der Waals surface area contributed by atoms with Gasteiger partial charge in [0.2, 0.25) is 5.92 Å². The lowest BCUT2D eigenvalue weighted by molar-refractivity contribution is -0.0489. The van der Waals surface area contributed by atoms with Crippen LogP contribution in [-0.4, -0.2) is 34.9 Å². The van der Waals surface area contributed by atoms with Gasteiger partial charge in [0, 0.05) is 25.8 Å². The van der Waals surface area contributed by atoms with E-state index in [1.165, 1.54) is 0 Å². The van der Waals surface area contributed by atoms with Crippen molar-refractivity contribution in [3.05, 3.63) is 11.6 Å². The van der Waals surface area contributed by atoms with Crippen LogP contribution in [-0.2, 0) is 28.6 Å². The van der Waals surface area contributed by atoms with Crippen LogP contribution >= 0.6 is 0 Å². The smallest absolute Gasteiger partial charge is 0.248 e. The van der Waals surface area contributed by atoms with Gasteiger partial charge in [-0.2, -0.15) is 0 Å². The average Bonchev–Trinajstić information content (AvgIpc) is 2.67. The molecule has 130 valence electrons.